The highest BCUT2D eigenvalue weighted by Gasteiger charge is 2.02. The van der Waals surface area contributed by atoms with E-state index in [-0.39, 0.29) is 16.9 Å². The van der Waals surface area contributed by atoms with Crippen LogP contribution in [0.25, 0.3) is 23.1 Å². The summed E-state index contributed by atoms with van der Waals surface area (Å²) in [6, 6.07) is 12.9. The summed E-state index contributed by atoms with van der Waals surface area (Å²) in [6.07, 6.45) is 3.33. The van der Waals surface area contributed by atoms with Gasteiger partial charge in [-0.25, -0.2) is 0 Å². The predicted molar refractivity (Wildman–Crippen MR) is 81.2 cm³/mol. The molecule has 1 heterocycles. The van der Waals surface area contributed by atoms with Gasteiger partial charge in [-0.1, -0.05) is 24.3 Å². The van der Waals surface area contributed by atoms with E-state index in [2.05, 4.69) is 0 Å². The van der Waals surface area contributed by atoms with Crippen molar-refractivity contribution in [3.8, 4) is 11.5 Å². The Hall–Kier alpha value is -3.01. The van der Waals surface area contributed by atoms with Crippen LogP contribution in [-0.2, 0) is 0 Å². The molecule has 4 nitrogen and oxygen atoms in total. The summed E-state index contributed by atoms with van der Waals surface area (Å²) >= 11 is 0. The van der Waals surface area contributed by atoms with Gasteiger partial charge in [-0.15, -0.1) is 0 Å². The molecule has 0 aliphatic heterocycles. The number of phenols is 2. The van der Waals surface area contributed by atoms with Crippen molar-refractivity contribution in [2.75, 3.05) is 0 Å². The third-order valence-electron chi connectivity index (χ3n) is 3.09. The van der Waals surface area contributed by atoms with E-state index in [4.69, 9.17) is 4.42 Å². The van der Waals surface area contributed by atoms with E-state index in [0.717, 1.165) is 0 Å². The molecular formula is C17H12O4. The van der Waals surface area contributed by atoms with Gasteiger partial charge in [-0.05, 0) is 35.9 Å². The molecule has 0 radical (unpaired) electrons. The van der Waals surface area contributed by atoms with Gasteiger partial charge in [0.05, 0.1) is 5.39 Å². The minimum Gasteiger partial charge on any atom is -0.504 e. The Morgan fingerprint density at radius 3 is 2.52 bits per heavy atom. The van der Waals surface area contributed by atoms with E-state index >= 15 is 0 Å². The molecule has 0 saturated heterocycles. The number of hydrogen-bond donors (Lipinski definition) is 2. The number of phenolic OH excluding ortho intramolecular Hbond substituents is 2. The molecule has 3 aromatic rings. The molecule has 0 unspecified atom stereocenters. The summed E-state index contributed by atoms with van der Waals surface area (Å²) in [6.45, 7) is 0. The molecular weight excluding hydrogens is 268 g/mol. The Morgan fingerprint density at radius 2 is 1.71 bits per heavy atom. The zero-order valence-electron chi connectivity index (χ0n) is 11.0. The van der Waals surface area contributed by atoms with Crippen LogP contribution in [0.2, 0.25) is 0 Å². The van der Waals surface area contributed by atoms with Gasteiger partial charge in [0.25, 0.3) is 0 Å². The van der Waals surface area contributed by atoms with Crippen LogP contribution in [0.1, 0.15) is 11.3 Å². The molecule has 104 valence electrons. The summed E-state index contributed by atoms with van der Waals surface area (Å²) in [5, 5.41) is 19.2. The average Bonchev–Trinajstić information content (AvgIpc) is 2.49. The van der Waals surface area contributed by atoms with Gasteiger partial charge in [-0.2, -0.15) is 0 Å². The second kappa shape index (κ2) is 5.17. The predicted octanol–water partition coefficient (Wildman–Crippen LogP) is 3.37. The van der Waals surface area contributed by atoms with Crippen molar-refractivity contribution in [3.63, 3.8) is 0 Å². The van der Waals surface area contributed by atoms with E-state index in [1.165, 1.54) is 18.2 Å². The molecule has 4 heteroatoms. The number of aromatic hydroxyl groups is 2. The zero-order valence-corrected chi connectivity index (χ0v) is 11.0. The smallest absolute Gasteiger partial charge is 0.193 e. The number of benzene rings is 2. The lowest BCUT2D eigenvalue weighted by Gasteiger charge is -2.00. The van der Waals surface area contributed by atoms with E-state index in [0.29, 0.717) is 22.3 Å². The van der Waals surface area contributed by atoms with E-state index in [1.807, 2.05) is 0 Å². The van der Waals surface area contributed by atoms with Crippen LogP contribution in [0.4, 0.5) is 0 Å². The Labute approximate surface area is 120 Å². The van der Waals surface area contributed by atoms with Gasteiger partial charge in [-0.3, -0.25) is 4.79 Å². The van der Waals surface area contributed by atoms with Crippen molar-refractivity contribution < 1.29 is 14.6 Å². The summed E-state index contributed by atoms with van der Waals surface area (Å²) in [4.78, 5) is 11.9. The lowest BCUT2D eigenvalue weighted by Crippen LogP contribution is -1.99. The molecule has 0 spiro atoms. The van der Waals surface area contributed by atoms with Crippen molar-refractivity contribution in [3.05, 3.63) is 70.1 Å². The quantitative estimate of drug-likeness (QED) is 0.706. The first-order valence-electron chi connectivity index (χ1n) is 6.36. The minimum absolute atomic E-state index is 0.106. The fraction of sp³-hybridized carbons (Fsp3) is 0. The fourth-order valence-corrected chi connectivity index (χ4v) is 2.03. The van der Waals surface area contributed by atoms with Gasteiger partial charge in [0.2, 0.25) is 0 Å². The molecule has 0 saturated carbocycles. The summed E-state index contributed by atoms with van der Waals surface area (Å²) in [5.41, 5.74) is 1.10. The Balaban J connectivity index is 1.99. The molecule has 0 fully saturated rings. The Morgan fingerprint density at radius 1 is 0.905 bits per heavy atom. The third kappa shape index (κ3) is 2.65. The Kier molecular flexibility index (Phi) is 3.20. The van der Waals surface area contributed by atoms with E-state index < -0.39 is 0 Å². The first-order valence-corrected chi connectivity index (χ1v) is 6.36. The lowest BCUT2D eigenvalue weighted by molar-refractivity contribution is 0.403. The van der Waals surface area contributed by atoms with Crippen molar-refractivity contribution in [1.29, 1.82) is 0 Å². The van der Waals surface area contributed by atoms with Crippen molar-refractivity contribution in [2.45, 2.75) is 0 Å². The van der Waals surface area contributed by atoms with Crippen molar-refractivity contribution >= 4 is 23.1 Å². The van der Waals surface area contributed by atoms with E-state index in [9.17, 15) is 15.0 Å². The van der Waals surface area contributed by atoms with Crippen LogP contribution in [0.3, 0.4) is 0 Å². The molecule has 0 aliphatic carbocycles. The first kappa shape index (κ1) is 13.0. The number of para-hydroxylation sites is 1. The normalized spacial score (nSPS) is 11.2. The van der Waals surface area contributed by atoms with Crippen LogP contribution in [-0.4, -0.2) is 10.2 Å². The topological polar surface area (TPSA) is 70.7 Å². The molecule has 2 N–H and O–H groups in total. The fourth-order valence-electron chi connectivity index (χ4n) is 2.03. The maximum atomic E-state index is 11.9. The largest absolute Gasteiger partial charge is 0.504 e. The van der Waals surface area contributed by atoms with Crippen molar-refractivity contribution in [2.24, 2.45) is 0 Å². The molecule has 0 aliphatic rings. The maximum Gasteiger partial charge on any atom is 0.193 e. The van der Waals surface area contributed by atoms with Crippen LogP contribution >= 0.6 is 0 Å². The highest BCUT2D eigenvalue weighted by atomic mass is 16.3. The molecule has 2 aromatic carbocycles. The van der Waals surface area contributed by atoms with Gasteiger partial charge < -0.3 is 14.6 Å². The molecule has 1 aromatic heterocycles. The van der Waals surface area contributed by atoms with E-state index in [1.54, 1.807) is 42.5 Å². The minimum atomic E-state index is -0.197. The van der Waals surface area contributed by atoms with Gasteiger partial charge in [0, 0.05) is 6.07 Å². The summed E-state index contributed by atoms with van der Waals surface area (Å²) in [7, 11) is 0. The molecule has 0 amide bonds. The highest BCUT2D eigenvalue weighted by molar-refractivity contribution is 5.78. The van der Waals surface area contributed by atoms with Crippen molar-refractivity contribution in [1.82, 2.24) is 0 Å². The third-order valence-corrected chi connectivity index (χ3v) is 3.09. The number of fused-ring (bicyclic) bond motifs is 1. The standard InChI is InChI=1S/C17H12O4/c18-14-8-6-11(9-16(14)20)5-7-12-10-15(19)13-3-1-2-4-17(13)21-12/h1-10,18,20H/b7-5+. The van der Waals surface area contributed by atoms with Gasteiger partial charge in [0.1, 0.15) is 11.3 Å². The highest BCUT2D eigenvalue weighted by Crippen LogP contribution is 2.25. The van der Waals surface area contributed by atoms with Crippen LogP contribution in [0.15, 0.2) is 57.7 Å². The molecule has 21 heavy (non-hydrogen) atoms. The molecule has 0 atom stereocenters. The lowest BCUT2D eigenvalue weighted by atomic mass is 10.1. The van der Waals surface area contributed by atoms with Gasteiger partial charge >= 0.3 is 0 Å². The average molecular weight is 280 g/mol. The first-order chi connectivity index (χ1) is 10.1. The second-order valence-electron chi connectivity index (χ2n) is 4.59. The summed E-state index contributed by atoms with van der Waals surface area (Å²) in [5.74, 6) is 0.0489. The SMILES string of the molecule is O=c1cc(/C=C/c2ccc(O)c(O)c2)oc2ccccc12. The maximum absolute atomic E-state index is 11.9. The van der Waals surface area contributed by atoms with Crippen LogP contribution in [0.5, 0.6) is 11.5 Å². The van der Waals surface area contributed by atoms with Crippen LogP contribution < -0.4 is 5.43 Å². The molecule has 0 bridgehead atoms. The van der Waals surface area contributed by atoms with Crippen LogP contribution in [0, 0.1) is 0 Å². The monoisotopic (exact) mass is 280 g/mol. The zero-order chi connectivity index (χ0) is 14.8. The number of rotatable bonds is 2. The summed E-state index contributed by atoms with van der Waals surface area (Å²) < 4.78 is 5.62. The Bertz CT molecular complexity index is 891. The second-order valence-corrected chi connectivity index (χ2v) is 4.59. The van der Waals surface area contributed by atoms with Gasteiger partial charge in [0.15, 0.2) is 16.9 Å². The number of hydrogen-bond acceptors (Lipinski definition) is 4. The molecule has 3 rings (SSSR count).